The van der Waals surface area contributed by atoms with E-state index in [2.05, 4.69) is 9.13 Å². The fourth-order valence-electron chi connectivity index (χ4n) is 5.48. The lowest BCUT2D eigenvalue weighted by Gasteiger charge is -2.32. The minimum Gasteiger partial charge on any atom is -0.494 e. The van der Waals surface area contributed by atoms with Crippen LogP contribution in [0.15, 0.2) is 108 Å². The molecule has 0 unspecified atom stereocenters. The molecule has 304 valence electrons. The molecule has 6 nitrogen and oxygen atoms in total. The Morgan fingerprint density at radius 3 is 1.91 bits per heavy atom. The molecule has 0 spiro atoms. The van der Waals surface area contributed by atoms with Crippen LogP contribution in [0.4, 0.5) is 35.1 Å². The van der Waals surface area contributed by atoms with Gasteiger partial charge in [0.05, 0.1) is 30.2 Å². The van der Waals surface area contributed by atoms with Gasteiger partial charge in [0.15, 0.2) is 23.1 Å². The fourth-order valence-corrected chi connectivity index (χ4v) is 6.13. The van der Waals surface area contributed by atoms with Crippen LogP contribution < -0.4 is 19.9 Å². The molecule has 15 heteroatoms. The topological polar surface area (TPSA) is 83.1 Å². The molecule has 0 radical (unpaired) electrons. The number of ether oxygens (including phenoxy) is 3. The number of alkyl halides is 4. The summed E-state index contributed by atoms with van der Waals surface area (Å²) >= 11 is 0. The standard InChI is InChI=1S/C22H21F2NO.C20H19F6NO3S/c1-15-10-18(12-19(23)11-15)22(25,14-16-6-4-3-5-7-16)17-8-9-20(24)21(13-17)26-2;1-19(2,3)31(28)27-17(11-5-6-15(22)16(9-11)29-4)12-7-13(21)10-14(8-12)30-20(25,26)18(23)24/h3-13H,14,25H2,1-2H3;5-10,18H,1-4H3/t22-;31-/m01/s1. The number of halogens is 8. The van der Waals surface area contributed by atoms with E-state index in [1.807, 2.05) is 43.3 Å². The number of benzene rings is 5. The Morgan fingerprint density at radius 2 is 1.33 bits per heavy atom. The maximum absolute atomic E-state index is 14.1. The minimum absolute atomic E-state index is 0.110. The molecular weight excluding hydrogens is 781 g/mol. The molecule has 0 fully saturated rings. The van der Waals surface area contributed by atoms with Crippen LogP contribution in [0.2, 0.25) is 0 Å². The van der Waals surface area contributed by atoms with Crippen molar-refractivity contribution in [3.05, 3.63) is 160 Å². The minimum atomic E-state index is -4.87. The van der Waals surface area contributed by atoms with E-state index in [0.717, 1.165) is 29.3 Å². The van der Waals surface area contributed by atoms with Crippen LogP contribution in [-0.2, 0) is 22.9 Å². The Balaban J connectivity index is 0.000000256. The van der Waals surface area contributed by atoms with E-state index < -0.39 is 57.0 Å². The average Bonchev–Trinajstić information content (AvgIpc) is 3.13. The average molecular weight is 821 g/mol. The predicted molar refractivity (Wildman–Crippen MR) is 204 cm³/mol. The van der Waals surface area contributed by atoms with Crippen LogP contribution in [0.25, 0.3) is 0 Å². The summed E-state index contributed by atoms with van der Waals surface area (Å²) < 4.78 is 137. The summed E-state index contributed by atoms with van der Waals surface area (Å²) in [5.41, 5.74) is 8.62. The Morgan fingerprint density at radius 1 is 0.737 bits per heavy atom. The lowest BCUT2D eigenvalue weighted by molar-refractivity contribution is -0.253. The van der Waals surface area contributed by atoms with Crippen molar-refractivity contribution in [3.8, 4) is 17.2 Å². The van der Waals surface area contributed by atoms with E-state index in [0.29, 0.717) is 23.6 Å². The Kier molecular flexibility index (Phi) is 14.3. The van der Waals surface area contributed by atoms with Gasteiger partial charge in [-0.15, -0.1) is 0 Å². The van der Waals surface area contributed by atoms with Gasteiger partial charge in [0, 0.05) is 17.2 Å². The maximum atomic E-state index is 14.1. The fraction of sp³-hybridized carbons (Fsp3) is 0.262. The third-order valence-corrected chi connectivity index (χ3v) is 9.72. The van der Waals surface area contributed by atoms with Gasteiger partial charge < -0.3 is 19.9 Å². The first kappa shape index (κ1) is 44.4. The zero-order valence-corrected chi connectivity index (χ0v) is 32.5. The van der Waals surface area contributed by atoms with E-state index in [1.54, 1.807) is 32.9 Å². The number of hydrogen-bond donors (Lipinski definition) is 1. The van der Waals surface area contributed by atoms with Gasteiger partial charge >= 0.3 is 12.5 Å². The highest BCUT2D eigenvalue weighted by Gasteiger charge is 2.44. The van der Waals surface area contributed by atoms with Crippen molar-refractivity contribution in [1.82, 2.24) is 0 Å². The third-order valence-electron chi connectivity index (χ3n) is 8.32. The van der Waals surface area contributed by atoms with Crippen LogP contribution >= 0.6 is 0 Å². The van der Waals surface area contributed by atoms with Crippen molar-refractivity contribution in [2.75, 3.05) is 14.2 Å². The highest BCUT2D eigenvalue weighted by atomic mass is 32.2. The first-order chi connectivity index (χ1) is 26.7. The van der Waals surface area contributed by atoms with Crippen LogP contribution in [0.5, 0.6) is 17.2 Å². The molecule has 57 heavy (non-hydrogen) atoms. The van der Waals surface area contributed by atoms with Crippen molar-refractivity contribution >= 4 is 16.7 Å². The van der Waals surface area contributed by atoms with Gasteiger partial charge in [-0.05, 0) is 111 Å². The van der Waals surface area contributed by atoms with Gasteiger partial charge in [-0.1, -0.05) is 42.5 Å². The van der Waals surface area contributed by atoms with Gasteiger partial charge in [-0.25, -0.2) is 21.8 Å². The molecule has 0 bridgehead atoms. The molecule has 0 aliphatic carbocycles. The largest absolute Gasteiger partial charge is 0.494 e. The zero-order valence-electron chi connectivity index (χ0n) is 31.7. The van der Waals surface area contributed by atoms with E-state index in [4.69, 9.17) is 15.2 Å². The molecule has 0 aromatic heterocycles. The molecule has 2 N–H and O–H groups in total. The first-order valence-corrected chi connectivity index (χ1v) is 18.2. The van der Waals surface area contributed by atoms with Gasteiger partial charge in [0.2, 0.25) is 0 Å². The summed E-state index contributed by atoms with van der Waals surface area (Å²) in [4.78, 5) is 0. The molecule has 0 aliphatic rings. The van der Waals surface area contributed by atoms with Gasteiger partial charge in [0.25, 0.3) is 0 Å². The maximum Gasteiger partial charge on any atom is 0.461 e. The highest BCUT2D eigenvalue weighted by molar-refractivity contribution is 7.85. The second kappa shape index (κ2) is 18.3. The van der Waals surface area contributed by atoms with Crippen LogP contribution in [0.1, 0.15) is 54.2 Å². The van der Waals surface area contributed by atoms with Crippen LogP contribution in [0.3, 0.4) is 0 Å². The molecule has 5 aromatic rings. The number of methoxy groups -OCH3 is 2. The van der Waals surface area contributed by atoms with Gasteiger partial charge in [-0.2, -0.15) is 22.0 Å². The van der Waals surface area contributed by atoms with Crippen LogP contribution in [-0.4, -0.2) is 41.4 Å². The summed E-state index contributed by atoms with van der Waals surface area (Å²) in [7, 11) is 0.708. The normalized spacial score (nSPS) is 13.6. The molecule has 0 heterocycles. The smallest absolute Gasteiger partial charge is 0.461 e. The SMILES string of the molecule is COc1cc(C(=N[S@](=O)C(C)(C)C)c2cc(F)cc(OC(F)(F)C(F)F)c2)ccc1F.COc1cc([C@@](N)(Cc2ccccc2)c2cc(C)cc(F)c2)ccc1F. The Hall–Kier alpha value is -5.28. The first-order valence-electron chi connectivity index (χ1n) is 17.1. The monoisotopic (exact) mass is 820 g/mol. The van der Waals surface area contributed by atoms with Crippen molar-refractivity contribution in [2.45, 2.75) is 56.9 Å². The van der Waals surface area contributed by atoms with Crippen molar-refractivity contribution in [1.29, 1.82) is 0 Å². The zero-order chi connectivity index (χ0) is 42.3. The number of aryl methyl sites for hydroxylation is 1. The van der Waals surface area contributed by atoms with Crippen LogP contribution in [0, 0.1) is 30.2 Å². The number of nitrogens with two attached hydrogens (primary N) is 1. The molecule has 0 aliphatic heterocycles. The second-order valence-electron chi connectivity index (χ2n) is 13.8. The van der Waals surface area contributed by atoms with Crippen molar-refractivity contribution in [3.63, 3.8) is 0 Å². The number of nitrogens with zero attached hydrogens (tertiary/aromatic N) is 1. The molecule has 0 amide bonds. The predicted octanol–water partition coefficient (Wildman–Crippen LogP) is 10.2. The molecule has 0 saturated heterocycles. The molecule has 0 saturated carbocycles. The number of hydrogen-bond acceptors (Lipinski definition) is 5. The summed E-state index contributed by atoms with van der Waals surface area (Å²) in [6.07, 6.45) is -8.58. The van der Waals surface area contributed by atoms with Crippen molar-refractivity contribution in [2.24, 2.45) is 10.1 Å². The van der Waals surface area contributed by atoms with Crippen molar-refractivity contribution < 1.29 is 53.5 Å². The second-order valence-corrected chi connectivity index (χ2v) is 15.7. The highest BCUT2D eigenvalue weighted by Crippen LogP contribution is 2.35. The quantitative estimate of drug-likeness (QED) is 0.100. The van der Waals surface area contributed by atoms with Gasteiger partial charge in [-0.3, -0.25) is 0 Å². The lowest BCUT2D eigenvalue weighted by Crippen LogP contribution is -2.40. The summed E-state index contributed by atoms with van der Waals surface area (Å²) in [6.45, 7) is 6.65. The summed E-state index contributed by atoms with van der Waals surface area (Å²) in [6, 6.07) is 24.6. The van der Waals surface area contributed by atoms with E-state index in [1.165, 1.54) is 44.6 Å². The Bertz CT molecular complexity index is 2210. The molecule has 5 aromatic carbocycles. The van der Waals surface area contributed by atoms with E-state index in [9.17, 15) is 39.3 Å². The molecular formula is C42H40F8N2O4S. The van der Waals surface area contributed by atoms with Gasteiger partial charge in [0.1, 0.15) is 28.4 Å². The molecule has 2 atom stereocenters. The summed E-state index contributed by atoms with van der Waals surface area (Å²) in [5.74, 6) is -3.63. The number of rotatable bonds is 12. The van der Waals surface area contributed by atoms with E-state index >= 15 is 0 Å². The Labute approximate surface area is 327 Å². The van der Waals surface area contributed by atoms with E-state index in [-0.39, 0.29) is 34.2 Å². The summed E-state index contributed by atoms with van der Waals surface area (Å²) in [5, 5.41) is 0. The lowest BCUT2D eigenvalue weighted by atomic mass is 9.78. The molecule has 5 rings (SSSR count). The third kappa shape index (κ3) is 11.4.